The molecule has 126 valence electrons. The van der Waals surface area contributed by atoms with Crippen LogP contribution >= 0.6 is 0 Å². The van der Waals surface area contributed by atoms with Crippen molar-refractivity contribution in [1.82, 2.24) is 10.2 Å². The Bertz CT molecular complexity index is 702. The largest absolute Gasteiger partial charge is 0.468 e. The number of carbonyl (C=O) groups excluding carboxylic acids is 1. The van der Waals surface area contributed by atoms with Crippen LogP contribution in [0.25, 0.3) is 0 Å². The molecule has 24 heavy (non-hydrogen) atoms. The van der Waals surface area contributed by atoms with E-state index >= 15 is 0 Å². The molecular weight excluding hydrogens is 307 g/mol. The predicted octanol–water partition coefficient (Wildman–Crippen LogP) is 3.34. The number of rotatable bonds is 4. The molecular formula is C19H21FN2O2. The highest BCUT2D eigenvalue weighted by Crippen LogP contribution is 2.37. The zero-order chi connectivity index (χ0) is 16.5. The first-order valence-corrected chi connectivity index (χ1v) is 8.54. The fourth-order valence-corrected chi connectivity index (χ4v) is 4.14. The fourth-order valence-electron chi connectivity index (χ4n) is 4.14. The van der Waals surface area contributed by atoms with E-state index in [2.05, 4.69) is 10.2 Å². The van der Waals surface area contributed by atoms with Crippen molar-refractivity contribution >= 4 is 5.91 Å². The van der Waals surface area contributed by atoms with Gasteiger partial charge >= 0.3 is 0 Å². The summed E-state index contributed by atoms with van der Waals surface area (Å²) in [5.41, 5.74) is 0.128. The Kier molecular flexibility index (Phi) is 4.10. The maximum Gasteiger partial charge on any atom is 0.254 e. The lowest BCUT2D eigenvalue weighted by Gasteiger charge is -2.38. The Hall–Kier alpha value is -2.14. The number of furan rings is 1. The molecule has 1 aromatic heterocycles. The fraction of sp³-hybridized carbons (Fsp3) is 0.421. The topological polar surface area (TPSA) is 45.5 Å². The van der Waals surface area contributed by atoms with Crippen molar-refractivity contribution in [1.29, 1.82) is 0 Å². The van der Waals surface area contributed by atoms with Gasteiger partial charge in [-0.25, -0.2) is 4.39 Å². The van der Waals surface area contributed by atoms with E-state index in [1.807, 2.05) is 12.1 Å². The van der Waals surface area contributed by atoms with Crippen LogP contribution in [0.5, 0.6) is 0 Å². The second kappa shape index (κ2) is 6.40. The number of carbonyl (C=O) groups is 1. The molecule has 4 rings (SSSR count). The number of halogens is 1. The number of nitrogens with zero attached hydrogens (tertiary/aromatic N) is 1. The van der Waals surface area contributed by atoms with Gasteiger partial charge in [0.2, 0.25) is 0 Å². The lowest BCUT2D eigenvalue weighted by Crippen LogP contribution is -2.50. The normalized spacial score (nSPS) is 26.5. The van der Waals surface area contributed by atoms with Crippen LogP contribution in [0.15, 0.2) is 47.1 Å². The summed E-state index contributed by atoms with van der Waals surface area (Å²) in [7, 11) is 0. The summed E-state index contributed by atoms with van der Waals surface area (Å²) in [5.74, 6) is 0.214. The maximum absolute atomic E-state index is 13.8. The molecule has 0 saturated carbocycles. The quantitative estimate of drug-likeness (QED) is 0.936. The van der Waals surface area contributed by atoms with Gasteiger partial charge in [-0.3, -0.25) is 9.69 Å². The molecule has 2 aliphatic heterocycles. The number of amides is 1. The number of fused-ring (bicyclic) bond motifs is 2. The van der Waals surface area contributed by atoms with Crippen molar-refractivity contribution in [3.05, 3.63) is 59.8 Å². The average molecular weight is 328 g/mol. The number of benzene rings is 1. The van der Waals surface area contributed by atoms with Gasteiger partial charge in [-0.1, -0.05) is 12.1 Å². The third-order valence-electron chi connectivity index (χ3n) is 5.26. The Morgan fingerprint density at radius 2 is 1.92 bits per heavy atom. The zero-order valence-electron chi connectivity index (χ0n) is 13.5. The van der Waals surface area contributed by atoms with Crippen LogP contribution in [0.4, 0.5) is 4.39 Å². The summed E-state index contributed by atoms with van der Waals surface area (Å²) in [5, 5.41) is 3.03. The number of hydrogen-bond acceptors (Lipinski definition) is 3. The van der Waals surface area contributed by atoms with Crippen LogP contribution in [0.1, 0.15) is 41.8 Å². The molecule has 0 aliphatic carbocycles. The number of piperidine rings is 1. The third-order valence-corrected chi connectivity index (χ3v) is 5.26. The average Bonchev–Trinajstić information content (AvgIpc) is 3.15. The molecule has 3 heterocycles. The van der Waals surface area contributed by atoms with Gasteiger partial charge in [-0.15, -0.1) is 0 Å². The first kappa shape index (κ1) is 15.4. The molecule has 1 N–H and O–H groups in total. The van der Waals surface area contributed by atoms with Crippen LogP contribution in [0.3, 0.4) is 0 Å². The molecule has 2 aromatic rings. The summed E-state index contributed by atoms with van der Waals surface area (Å²) in [6.45, 7) is 0.830. The van der Waals surface area contributed by atoms with Crippen LogP contribution in [-0.2, 0) is 6.54 Å². The van der Waals surface area contributed by atoms with Crippen LogP contribution in [-0.4, -0.2) is 28.9 Å². The van der Waals surface area contributed by atoms with E-state index < -0.39 is 5.82 Å². The van der Waals surface area contributed by atoms with Gasteiger partial charge in [0.1, 0.15) is 11.6 Å². The van der Waals surface area contributed by atoms with E-state index in [1.165, 1.54) is 12.1 Å². The van der Waals surface area contributed by atoms with Crippen LogP contribution in [0.2, 0.25) is 0 Å². The van der Waals surface area contributed by atoms with Gasteiger partial charge in [0.25, 0.3) is 5.91 Å². The van der Waals surface area contributed by atoms with Crippen molar-refractivity contribution in [3.63, 3.8) is 0 Å². The molecule has 2 aliphatic rings. The highest BCUT2D eigenvalue weighted by atomic mass is 19.1. The summed E-state index contributed by atoms with van der Waals surface area (Å²) in [6, 6.07) is 11.1. The van der Waals surface area contributed by atoms with Crippen molar-refractivity contribution < 1.29 is 13.6 Å². The van der Waals surface area contributed by atoms with Gasteiger partial charge in [-0.2, -0.15) is 0 Å². The predicted molar refractivity (Wildman–Crippen MR) is 87.9 cm³/mol. The Morgan fingerprint density at radius 3 is 2.58 bits per heavy atom. The molecule has 1 amide bonds. The van der Waals surface area contributed by atoms with E-state index in [0.717, 1.165) is 38.0 Å². The van der Waals surface area contributed by atoms with E-state index in [4.69, 9.17) is 4.42 Å². The van der Waals surface area contributed by atoms with Crippen molar-refractivity contribution in [2.24, 2.45) is 0 Å². The second-order valence-electron chi connectivity index (χ2n) is 6.76. The molecule has 1 unspecified atom stereocenters. The lowest BCUT2D eigenvalue weighted by atomic mass is 9.96. The van der Waals surface area contributed by atoms with E-state index in [9.17, 15) is 9.18 Å². The van der Waals surface area contributed by atoms with E-state index in [0.29, 0.717) is 12.1 Å². The molecule has 2 fully saturated rings. The highest BCUT2D eigenvalue weighted by Gasteiger charge is 2.41. The van der Waals surface area contributed by atoms with Crippen molar-refractivity contribution in [2.75, 3.05) is 0 Å². The minimum atomic E-state index is -0.465. The smallest absolute Gasteiger partial charge is 0.254 e. The van der Waals surface area contributed by atoms with Gasteiger partial charge < -0.3 is 9.73 Å². The maximum atomic E-state index is 13.8. The Labute approximate surface area is 140 Å². The van der Waals surface area contributed by atoms with E-state index in [-0.39, 0.29) is 17.5 Å². The summed E-state index contributed by atoms with van der Waals surface area (Å²) in [6.07, 6.45) is 5.84. The summed E-state index contributed by atoms with van der Waals surface area (Å²) >= 11 is 0. The van der Waals surface area contributed by atoms with Gasteiger partial charge in [0.05, 0.1) is 18.4 Å². The van der Waals surface area contributed by atoms with Crippen LogP contribution < -0.4 is 5.32 Å². The van der Waals surface area contributed by atoms with Crippen molar-refractivity contribution in [2.45, 2.75) is 50.4 Å². The molecule has 2 saturated heterocycles. The molecule has 0 spiro atoms. The summed E-state index contributed by atoms with van der Waals surface area (Å²) in [4.78, 5) is 14.8. The highest BCUT2D eigenvalue weighted by molar-refractivity contribution is 5.94. The Balaban J connectivity index is 1.40. The van der Waals surface area contributed by atoms with Gasteiger partial charge in [0.15, 0.2) is 0 Å². The first-order valence-electron chi connectivity index (χ1n) is 8.54. The van der Waals surface area contributed by atoms with Gasteiger partial charge in [0, 0.05) is 18.1 Å². The minimum Gasteiger partial charge on any atom is -0.468 e. The lowest BCUT2D eigenvalue weighted by molar-refractivity contribution is 0.0803. The molecule has 3 atom stereocenters. The standard InChI is InChI=1S/C19H21FN2O2/c20-18-6-2-1-5-17(18)19(23)21-13-10-14-7-8-15(11-13)22(14)12-16-4-3-9-24-16/h1-6,9,13-15H,7-8,10-12H2,(H,21,23)/t13?,14-,15+. The number of hydrogen-bond donors (Lipinski definition) is 1. The minimum absolute atomic E-state index is 0.113. The molecule has 0 radical (unpaired) electrons. The molecule has 2 bridgehead atoms. The second-order valence-corrected chi connectivity index (χ2v) is 6.76. The molecule has 1 aromatic carbocycles. The third kappa shape index (κ3) is 2.96. The zero-order valence-corrected chi connectivity index (χ0v) is 13.5. The Morgan fingerprint density at radius 1 is 1.17 bits per heavy atom. The number of nitrogens with one attached hydrogen (secondary N) is 1. The first-order chi connectivity index (χ1) is 11.7. The van der Waals surface area contributed by atoms with Crippen LogP contribution in [0, 0.1) is 5.82 Å². The monoisotopic (exact) mass is 328 g/mol. The van der Waals surface area contributed by atoms with Gasteiger partial charge in [-0.05, 0) is 49.9 Å². The SMILES string of the molecule is O=C(NC1C[C@H]2CC[C@@H](C1)N2Cc1ccco1)c1ccccc1F. The molecule has 5 heteroatoms. The summed E-state index contributed by atoms with van der Waals surface area (Å²) < 4.78 is 19.2. The van der Waals surface area contributed by atoms with Crippen molar-refractivity contribution in [3.8, 4) is 0 Å². The van der Waals surface area contributed by atoms with E-state index in [1.54, 1.807) is 18.4 Å². The molecule has 4 nitrogen and oxygen atoms in total.